The molecule has 1 saturated carbocycles. The third-order valence-corrected chi connectivity index (χ3v) is 4.15. The molecule has 21 heavy (non-hydrogen) atoms. The molecular weight excluding hydrogens is 264 g/mol. The number of nitrogens with two attached hydrogens (primary N) is 1. The van der Waals surface area contributed by atoms with E-state index in [1.807, 2.05) is 6.92 Å². The summed E-state index contributed by atoms with van der Waals surface area (Å²) in [5, 5.41) is 3.54. The average molecular weight is 292 g/mol. The second-order valence-corrected chi connectivity index (χ2v) is 5.90. The fraction of sp³-hybridized carbons (Fsp3) is 0.750. The van der Waals surface area contributed by atoms with Gasteiger partial charge in [-0.1, -0.05) is 26.7 Å². The number of nitrogen functional groups attached to an aromatic ring is 1. The van der Waals surface area contributed by atoms with Crippen LogP contribution in [0.2, 0.25) is 0 Å². The molecule has 118 valence electrons. The van der Waals surface area contributed by atoms with Gasteiger partial charge in [-0.25, -0.2) is 4.98 Å². The lowest BCUT2D eigenvalue weighted by molar-refractivity contribution is 0.326. The first-order valence-corrected chi connectivity index (χ1v) is 8.21. The summed E-state index contributed by atoms with van der Waals surface area (Å²) in [6, 6.07) is 0.444. The van der Waals surface area contributed by atoms with Gasteiger partial charge in [0.05, 0.1) is 6.61 Å². The summed E-state index contributed by atoms with van der Waals surface area (Å²) in [7, 11) is 0. The minimum absolute atomic E-state index is 0.444. The predicted octanol–water partition coefficient (Wildman–Crippen LogP) is 3.40. The Bertz CT molecular complexity index is 464. The average Bonchev–Trinajstić information content (AvgIpc) is 2.46. The van der Waals surface area contributed by atoms with E-state index < -0.39 is 0 Å². The first-order chi connectivity index (χ1) is 10.2. The standard InChI is InChI=1S/C16H28N4O/c1-4-8-13-19-15(14(17)16(20-13)21-5-2)18-12-10-7-6-9-11(12)3/h11-12H,4-10,17H2,1-3H3,(H,18,19,20). The molecule has 1 aromatic rings. The van der Waals surface area contributed by atoms with Gasteiger partial charge in [-0.05, 0) is 32.1 Å². The summed E-state index contributed by atoms with van der Waals surface area (Å²) >= 11 is 0. The second-order valence-electron chi connectivity index (χ2n) is 5.90. The first-order valence-electron chi connectivity index (χ1n) is 8.21. The van der Waals surface area contributed by atoms with Gasteiger partial charge in [0.25, 0.3) is 0 Å². The Morgan fingerprint density at radius 2 is 2.00 bits per heavy atom. The maximum absolute atomic E-state index is 6.18. The number of rotatable bonds is 6. The summed E-state index contributed by atoms with van der Waals surface area (Å²) in [4.78, 5) is 9.03. The van der Waals surface area contributed by atoms with Crippen LogP contribution < -0.4 is 15.8 Å². The van der Waals surface area contributed by atoms with Gasteiger partial charge in [0, 0.05) is 12.5 Å². The van der Waals surface area contributed by atoms with Gasteiger partial charge in [-0.15, -0.1) is 0 Å². The lowest BCUT2D eigenvalue weighted by Gasteiger charge is -2.30. The van der Waals surface area contributed by atoms with Crippen LogP contribution >= 0.6 is 0 Å². The molecule has 1 aliphatic rings. The molecule has 2 atom stereocenters. The zero-order valence-corrected chi connectivity index (χ0v) is 13.5. The number of aromatic nitrogens is 2. The molecule has 0 amide bonds. The normalized spacial score (nSPS) is 22.0. The Balaban J connectivity index is 2.23. The van der Waals surface area contributed by atoms with Crippen molar-refractivity contribution in [2.75, 3.05) is 17.7 Å². The highest BCUT2D eigenvalue weighted by molar-refractivity contribution is 5.67. The molecule has 1 fully saturated rings. The Labute approximate surface area is 127 Å². The van der Waals surface area contributed by atoms with Crippen LogP contribution in [0.3, 0.4) is 0 Å². The zero-order chi connectivity index (χ0) is 15.2. The lowest BCUT2D eigenvalue weighted by atomic mass is 9.86. The summed E-state index contributed by atoms with van der Waals surface area (Å²) in [5.41, 5.74) is 6.72. The van der Waals surface area contributed by atoms with Crippen LogP contribution in [0.4, 0.5) is 11.5 Å². The van der Waals surface area contributed by atoms with Crippen LogP contribution in [0.25, 0.3) is 0 Å². The highest BCUT2D eigenvalue weighted by atomic mass is 16.5. The van der Waals surface area contributed by atoms with Gasteiger partial charge in [0.1, 0.15) is 11.5 Å². The SMILES string of the molecule is CCCc1nc(NC2CCCCC2C)c(N)c(OCC)n1. The van der Waals surface area contributed by atoms with E-state index in [2.05, 4.69) is 29.1 Å². The molecule has 1 heterocycles. The van der Waals surface area contributed by atoms with E-state index in [4.69, 9.17) is 10.5 Å². The minimum Gasteiger partial charge on any atom is -0.476 e. The zero-order valence-electron chi connectivity index (χ0n) is 13.5. The topological polar surface area (TPSA) is 73.1 Å². The highest BCUT2D eigenvalue weighted by Crippen LogP contribution is 2.31. The first kappa shape index (κ1) is 15.9. The number of aryl methyl sites for hydroxylation is 1. The predicted molar refractivity (Wildman–Crippen MR) is 86.7 cm³/mol. The molecule has 0 spiro atoms. The fourth-order valence-electron chi connectivity index (χ4n) is 2.89. The van der Waals surface area contributed by atoms with E-state index in [1.165, 1.54) is 25.7 Å². The van der Waals surface area contributed by atoms with E-state index in [0.717, 1.165) is 24.5 Å². The van der Waals surface area contributed by atoms with Crippen molar-refractivity contribution in [2.45, 2.75) is 65.3 Å². The molecule has 0 aromatic carbocycles. The summed E-state index contributed by atoms with van der Waals surface area (Å²) in [6.45, 7) is 6.92. The third-order valence-electron chi connectivity index (χ3n) is 4.15. The van der Waals surface area contributed by atoms with Crippen LogP contribution in [-0.2, 0) is 6.42 Å². The Morgan fingerprint density at radius 3 is 2.67 bits per heavy atom. The molecule has 0 aliphatic heterocycles. The summed E-state index contributed by atoms with van der Waals surface area (Å²) in [5.74, 6) is 2.72. The smallest absolute Gasteiger partial charge is 0.242 e. The number of nitrogens with one attached hydrogen (secondary N) is 1. The quantitative estimate of drug-likeness (QED) is 0.840. The molecule has 2 unspecified atom stereocenters. The third kappa shape index (κ3) is 3.99. The monoisotopic (exact) mass is 292 g/mol. The van der Waals surface area contributed by atoms with Crippen LogP contribution in [0.15, 0.2) is 0 Å². The van der Waals surface area contributed by atoms with Crippen molar-refractivity contribution in [2.24, 2.45) is 5.92 Å². The molecule has 5 heteroatoms. The molecule has 2 rings (SSSR count). The van der Waals surface area contributed by atoms with Crippen molar-refractivity contribution in [1.29, 1.82) is 0 Å². The van der Waals surface area contributed by atoms with Gasteiger partial charge in [0.15, 0.2) is 5.82 Å². The Hall–Kier alpha value is -1.52. The second kappa shape index (κ2) is 7.48. The lowest BCUT2D eigenvalue weighted by Crippen LogP contribution is -2.31. The van der Waals surface area contributed by atoms with Crippen LogP contribution in [-0.4, -0.2) is 22.6 Å². The number of nitrogens with zero attached hydrogens (tertiary/aromatic N) is 2. The van der Waals surface area contributed by atoms with E-state index in [9.17, 15) is 0 Å². The Kier molecular flexibility index (Phi) is 5.65. The van der Waals surface area contributed by atoms with Gasteiger partial charge >= 0.3 is 0 Å². The number of hydrogen-bond donors (Lipinski definition) is 2. The number of hydrogen-bond acceptors (Lipinski definition) is 5. The molecule has 0 radical (unpaired) electrons. The van der Waals surface area contributed by atoms with Crippen molar-refractivity contribution in [1.82, 2.24) is 9.97 Å². The maximum atomic E-state index is 6.18. The van der Waals surface area contributed by atoms with Crippen molar-refractivity contribution in [3.8, 4) is 5.88 Å². The fourth-order valence-corrected chi connectivity index (χ4v) is 2.89. The van der Waals surface area contributed by atoms with Crippen LogP contribution in [0, 0.1) is 5.92 Å². The molecule has 3 N–H and O–H groups in total. The van der Waals surface area contributed by atoms with Gasteiger partial charge in [-0.2, -0.15) is 4.98 Å². The van der Waals surface area contributed by atoms with Crippen LogP contribution in [0.1, 0.15) is 58.7 Å². The van der Waals surface area contributed by atoms with Crippen LogP contribution in [0.5, 0.6) is 5.88 Å². The molecule has 1 aromatic heterocycles. The van der Waals surface area contributed by atoms with E-state index in [0.29, 0.717) is 30.1 Å². The number of ether oxygens (including phenoxy) is 1. The summed E-state index contributed by atoms with van der Waals surface area (Å²) in [6.07, 6.45) is 6.89. The summed E-state index contributed by atoms with van der Waals surface area (Å²) < 4.78 is 5.56. The van der Waals surface area contributed by atoms with E-state index in [-0.39, 0.29) is 0 Å². The molecule has 1 aliphatic carbocycles. The number of anilines is 2. The molecular formula is C16H28N4O. The highest BCUT2D eigenvalue weighted by Gasteiger charge is 2.23. The van der Waals surface area contributed by atoms with Crippen molar-refractivity contribution >= 4 is 11.5 Å². The molecule has 5 nitrogen and oxygen atoms in total. The largest absolute Gasteiger partial charge is 0.476 e. The van der Waals surface area contributed by atoms with E-state index in [1.54, 1.807) is 0 Å². The van der Waals surface area contributed by atoms with Gasteiger partial charge in [0.2, 0.25) is 5.88 Å². The van der Waals surface area contributed by atoms with Gasteiger partial charge in [-0.3, -0.25) is 0 Å². The van der Waals surface area contributed by atoms with Gasteiger partial charge < -0.3 is 15.8 Å². The molecule has 0 saturated heterocycles. The minimum atomic E-state index is 0.444. The van der Waals surface area contributed by atoms with Crippen molar-refractivity contribution < 1.29 is 4.74 Å². The molecule has 0 bridgehead atoms. The van der Waals surface area contributed by atoms with E-state index >= 15 is 0 Å². The van der Waals surface area contributed by atoms with Crippen molar-refractivity contribution in [3.05, 3.63) is 5.82 Å². The maximum Gasteiger partial charge on any atom is 0.242 e. The van der Waals surface area contributed by atoms with Crippen molar-refractivity contribution in [3.63, 3.8) is 0 Å². The Morgan fingerprint density at radius 1 is 1.24 bits per heavy atom.